The van der Waals surface area contributed by atoms with Crippen LogP contribution in [0.4, 0.5) is 5.69 Å². The van der Waals surface area contributed by atoms with Crippen molar-refractivity contribution in [2.45, 2.75) is 6.42 Å². The number of fused-ring (bicyclic) bond motifs is 1. The highest BCUT2D eigenvalue weighted by Gasteiger charge is 2.34. The van der Waals surface area contributed by atoms with Crippen LogP contribution in [0.15, 0.2) is 27.4 Å². The number of carbonyl (C=O) groups excluding carboxylic acids is 2. The molecule has 0 aliphatic carbocycles. The summed E-state index contributed by atoms with van der Waals surface area (Å²) in [5, 5.41) is 0. The third-order valence-corrected chi connectivity index (χ3v) is 3.24. The van der Waals surface area contributed by atoms with Crippen molar-refractivity contribution in [3.05, 3.63) is 28.7 Å². The Balaban J connectivity index is 1.98. The Hall–Kier alpha value is -2.57. The highest BCUT2D eigenvalue weighted by molar-refractivity contribution is 6.00. The van der Waals surface area contributed by atoms with Crippen molar-refractivity contribution >= 4 is 28.6 Å². The number of oxazole rings is 1. The van der Waals surface area contributed by atoms with Crippen molar-refractivity contribution in [1.29, 1.82) is 0 Å². The number of hydrogen-bond acceptors (Lipinski definition) is 4. The fourth-order valence-corrected chi connectivity index (χ4v) is 2.25. The van der Waals surface area contributed by atoms with E-state index in [0.717, 1.165) is 0 Å². The maximum atomic E-state index is 11.8. The fraction of sp³-hybridized carbons (Fsp3) is 0.250. The van der Waals surface area contributed by atoms with Gasteiger partial charge in [-0.3, -0.25) is 14.6 Å². The zero-order valence-electron chi connectivity index (χ0n) is 9.88. The van der Waals surface area contributed by atoms with Crippen molar-refractivity contribution in [2.24, 2.45) is 11.7 Å². The number of aromatic amines is 1. The van der Waals surface area contributed by atoms with Crippen molar-refractivity contribution in [3.8, 4) is 0 Å². The van der Waals surface area contributed by atoms with E-state index in [4.69, 9.17) is 10.2 Å². The van der Waals surface area contributed by atoms with Gasteiger partial charge in [0, 0.05) is 24.7 Å². The predicted molar refractivity (Wildman–Crippen MR) is 66.5 cm³/mol. The van der Waals surface area contributed by atoms with E-state index in [1.54, 1.807) is 18.2 Å². The quantitative estimate of drug-likeness (QED) is 0.790. The lowest BCUT2D eigenvalue weighted by Gasteiger charge is -2.15. The average molecular weight is 261 g/mol. The maximum absolute atomic E-state index is 11.8. The number of anilines is 1. The lowest BCUT2D eigenvalue weighted by atomic mass is 10.1. The Kier molecular flexibility index (Phi) is 2.41. The van der Waals surface area contributed by atoms with Gasteiger partial charge < -0.3 is 15.1 Å². The molecule has 1 aliphatic heterocycles. The second-order valence-electron chi connectivity index (χ2n) is 4.50. The van der Waals surface area contributed by atoms with E-state index >= 15 is 0 Å². The summed E-state index contributed by atoms with van der Waals surface area (Å²) < 4.78 is 4.94. The van der Waals surface area contributed by atoms with Gasteiger partial charge in [-0.25, -0.2) is 4.79 Å². The zero-order valence-corrected chi connectivity index (χ0v) is 9.88. The number of nitrogens with one attached hydrogen (secondary N) is 1. The van der Waals surface area contributed by atoms with Gasteiger partial charge in [-0.2, -0.15) is 0 Å². The van der Waals surface area contributed by atoms with Gasteiger partial charge in [0.15, 0.2) is 5.58 Å². The number of aromatic nitrogens is 1. The maximum Gasteiger partial charge on any atom is 0.417 e. The van der Waals surface area contributed by atoms with Crippen LogP contribution in [0.25, 0.3) is 11.1 Å². The summed E-state index contributed by atoms with van der Waals surface area (Å²) in [6, 6.07) is 4.93. The molecular formula is C12H11N3O4. The number of nitrogens with zero attached hydrogens (tertiary/aromatic N) is 1. The summed E-state index contributed by atoms with van der Waals surface area (Å²) in [4.78, 5) is 38.0. The number of nitrogens with two attached hydrogens (primary N) is 1. The van der Waals surface area contributed by atoms with Gasteiger partial charge in [0.25, 0.3) is 0 Å². The normalized spacial score (nSPS) is 19.3. The van der Waals surface area contributed by atoms with Gasteiger partial charge in [-0.05, 0) is 12.1 Å². The molecule has 2 aromatic rings. The van der Waals surface area contributed by atoms with Crippen molar-refractivity contribution in [2.75, 3.05) is 11.4 Å². The summed E-state index contributed by atoms with van der Waals surface area (Å²) in [5.41, 5.74) is 6.73. The van der Waals surface area contributed by atoms with E-state index in [0.29, 0.717) is 16.8 Å². The second kappa shape index (κ2) is 3.98. The molecule has 1 aliphatic rings. The van der Waals surface area contributed by atoms with Crippen LogP contribution in [-0.4, -0.2) is 23.3 Å². The molecule has 19 heavy (non-hydrogen) atoms. The molecule has 2 heterocycles. The molecule has 1 fully saturated rings. The van der Waals surface area contributed by atoms with E-state index < -0.39 is 17.6 Å². The predicted octanol–water partition coefficient (Wildman–Crippen LogP) is -0.0407. The molecule has 1 atom stereocenters. The van der Waals surface area contributed by atoms with Gasteiger partial charge >= 0.3 is 5.76 Å². The van der Waals surface area contributed by atoms with E-state index in [1.807, 2.05) is 0 Å². The molecule has 1 unspecified atom stereocenters. The van der Waals surface area contributed by atoms with Crippen LogP contribution in [-0.2, 0) is 9.59 Å². The molecule has 1 saturated heterocycles. The smallest absolute Gasteiger partial charge is 0.408 e. The Morgan fingerprint density at radius 2 is 2.21 bits per heavy atom. The molecule has 98 valence electrons. The van der Waals surface area contributed by atoms with E-state index in [-0.39, 0.29) is 18.9 Å². The third-order valence-electron chi connectivity index (χ3n) is 3.24. The van der Waals surface area contributed by atoms with Crippen LogP contribution in [0, 0.1) is 5.92 Å². The number of rotatable bonds is 2. The highest BCUT2D eigenvalue weighted by atomic mass is 16.4. The first kappa shape index (κ1) is 11.5. The average Bonchev–Trinajstić information content (AvgIpc) is 2.90. The fourth-order valence-electron chi connectivity index (χ4n) is 2.25. The highest BCUT2D eigenvalue weighted by Crippen LogP contribution is 2.27. The molecule has 1 aromatic heterocycles. The Labute approximate surface area is 107 Å². The number of H-pyrrole nitrogens is 1. The molecule has 7 heteroatoms. The zero-order chi connectivity index (χ0) is 13.6. The molecule has 3 N–H and O–H groups in total. The Morgan fingerprint density at radius 3 is 2.89 bits per heavy atom. The third kappa shape index (κ3) is 1.88. The second-order valence-corrected chi connectivity index (χ2v) is 4.50. The number of primary amides is 1. The SMILES string of the molecule is NC(=O)C1CC(=O)N(c2ccc3[nH]c(=O)oc3c2)C1. The number of amides is 2. The van der Waals surface area contributed by atoms with E-state index in [9.17, 15) is 14.4 Å². The van der Waals surface area contributed by atoms with Crippen LogP contribution in [0.1, 0.15) is 6.42 Å². The summed E-state index contributed by atoms with van der Waals surface area (Å²) in [7, 11) is 0. The van der Waals surface area contributed by atoms with Crippen LogP contribution in [0.3, 0.4) is 0 Å². The first-order valence-electron chi connectivity index (χ1n) is 5.77. The van der Waals surface area contributed by atoms with Crippen molar-refractivity contribution in [1.82, 2.24) is 4.98 Å². The molecule has 0 radical (unpaired) electrons. The van der Waals surface area contributed by atoms with Gasteiger partial charge in [-0.15, -0.1) is 0 Å². The van der Waals surface area contributed by atoms with Crippen molar-refractivity contribution in [3.63, 3.8) is 0 Å². The lowest BCUT2D eigenvalue weighted by Crippen LogP contribution is -2.28. The molecule has 2 amide bonds. The van der Waals surface area contributed by atoms with Crippen LogP contribution >= 0.6 is 0 Å². The molecule has 0 saturated carbocycles. The van der Waals surface area contributed by atoms with Crippen LogP contribution in [0.5, 0.6) is 0 Å². The largest absolute Gasteiger partial charge is 0.417 e. The van der Waals surface area contributed by atoms with Gasteiger partial charge in [-0.1, -0.05) is 0 Å². The van der Waals surface area contributed by atoms with E-state index in [1.165, 1.54) is 4.90 Å². The summed E-state index contributed by atoms with van der Waals surface area (Å²) in [6.07, 6.45) is 0.116. The first-order chi connectivity index (χ1) is 9.04. The van der Waals surface area contributed by atoms with Gasteiger partial charge in [0.2, 0.25) is 11.8 Å². The Bertz CT molecular complexity index is 730. The topological polar surface area (TPSA) is 109 Å². The molecule has 7 nitrogen and oxygen atoms in total. The molecule has 0 bridgehead atoms. The minimum absolute atomic E-state index is 0.116. The first-order valence-corrected chi connectivity index (χ1v) is 5.77. The van der Waals surface area contributed by atoms with E-state index in [2.05, 4.69) is 4.98 Å². The summed E-state index contributed by atoms with van der Waals surface area (Å²) in [5.74, 6) is -1.66. The summed E-state index contributed by atoms with van der Waals surface area (Å²) in [6.45, 7) is 0.258. The standard InChI is InChI=1S/C12H11N3O4/c13-11(17)6-3-10(16)15(5-6)7-1-2-8-9(4-7)19-12(18)14-8/h1-2,4,6H,3,5H2,(H2,13,17)(H,14,18). The molecular weight excluding hydrogens is 250 g/mol. The molecule has 1 aromatic carbocycles. The molecule has 0 spiro atoms. The number of carbonyl (C=O) groups is 2. The van der Waals surface area contributed by atoms with Gasteiger partial charge in [0.05, 0.1) is 11.4 Å². The monoisotopic (exact) mass is 261 g/mol. The minimum Gasteiger partial charge on any atom is -0.408 e. The summed E-state index contributed by atoms with van der Waals surface area (Å²) >= 11 is 0. The lowest BCUT2D eigenvalue weighted by molar-refractivity contribution is -0.123. The number of hydrogen-bond donors (Lipinski definition) is 2. The van der Waals surface area contributed by atoms with Gasteiger partial charge in [0.1, 0.15) is 0 Å². The van der Waals surface area contributed by atoms with Crippen molar-refractivity contribution < 1.29 is 14.0 Å². The Morgan fingerprint density at radius 1 is 1.42 bits per heavy atom. The number of benzene rings is 1. The molecule has 3 rings (SSSR count). The van der Waals surface area contributed by atoms with Crippen LogP contribution in [0.2, 0.25) is 0 Å². The minimum atomic E-state index is -0.546. The van der Waals surface area contributed by atoms with Crippen LogP contribution < -0.4 is 16.4 Å².